The van der Waals surface area contributed by atoms with E-state index in [0.717, 1.165) is 0 Å². The van der Waals surface area contributed by atoms with Crippen molar-refractivity contribution in [1.82, 2.24) is 0 Å². The molecule has 7 nitrogen and oxygen atoms in total. The molecule has 0 aliphatic heterocycles. The molecule has 154 valence electrons. The quantitative estimate of drug-likeness (QED) is 0.686. The zero-order valence-electron chi connectivity index (χ0n) is 17.1. The molecule has 2 amide bonds. The fraction of sp³-hybridized carbons (Fsp3) is 0.318. The largest absolute Gasteiger partial charge is 0.489 e. The lowest BCUT2D eigenvalue weighted by molar-refractivity contribution is -0.117. The fourth-order valence-corrected chi connectivity index (χ4v) is 2.76. The van der Waals surface area contributed by atoms with Crippen molar-refractivity contribution in [2.24, 2.45) is 0 Å². The Morgan fingerprint density at radius 3 is 2.45 bits per heavy atom. The minimum absolute atomic E-state index is 0.0460. The molecule has 0 bridgehead atoms. The van der Waals surface area contributed by atoms with Crippen molar-refractivity contribution in [3.63, 3.8) is 0 Å². The van der Waals surface area contributed by atoms with E-state index in [1.807, 2.05) is 26.0 Å². The van der Waals surface area contributed by atoms with Gasteiger partial charge >= 0.3 is 5.97 Å². The third kappa shape index (κ3) is 6.34. The number of rotatable bonds is 8. The van der Waals surface area contributed by atoms with E-state index < -0.39 is 5.97 Å². The van der Waals surface area contributed by atoms with Crippen LogP contribution in [0.15, 0.2) is 48.5 Å². The number of hydrogen-bond acceptors (Lipinski definition) is 5. The monoisotopic (exact) mass is 398 g/mol. The van der Waals surface area contributed by atoms with Crippen LogP contribution in [0.1, 0.15) is 37.6 Å². The van der Waals surface area contributed by atoms with Crippen LogP contribution in [0.4, 0.5) is 11.4 Å². The van der Waals surface area contributed by atoms with Gasteiger partial charge in [-0.3, -0.25) is 9.59 Å². The number of hydrogen-bond donors (Lipinski definition) is 1. The van der Waals surface area contributed by atoms with E-state index in [0.29, 0.717) is 22.7 Å². The summed E-state index contributed by atoms with van der Waals surface area (Å²) in [6, 6.07) is 13.7. The Balaban J connectivity index is 2.07. The number of nitrogens with zero attached hydrogens (tertiary/aromatic N) is 1. The Labute approximate surface area is 170 Å². The standard InChI is InChI=1S/C22H26N2O5/c1-15(2)29-20-11-6-5-10-19(20)24(16(3)25)13-12-21(26)23-18-9-7-8-17(14-18)22(27)28-4/h5-11,14-15H,12-13H2,1-4H3,(H,23,26). The van der Waals surface area contributed by atoms with Crippen molar-refractivity contribution in [3.8, 4) is 5.75 Å². The average molecular weight is 398 g/mol. The van der Waals surface area contributed by atoms with E-state index in [4.69, 9.17) is 4.74 Å². The molecule has 0 atom stereocenters. The summed E-state index contributed by atoms with van der Waals surface area (Å²) in [6.45, 7) is 5.45. The van der Waals surface area contributed by atoms with Gasteiger partial charge in [0.05, 0.1) is 24.5 Å². The van der Waals surface area contributed by atoms with Gasteiger partial charge in [0.15, 0.2) is 0 Å². The Hall–Kier alpha value is -3.35. The number of carbonyl (C=O) groups excluding carboxylic acids is 3. The number of esters is 1. The molecule has 2 aromatic carbocycles. The van der Waals surface area contributed by atoms with Gasteiger partial charge in [-0.25, -0.2) is 4.79 Å². The smallest absolute Gasteiger partial charge is 0.337 e. The Kier molecular flexibility index (Phi) is 7.77. The normalized spacial score (nSPS) is 10.4. The van der Waals surface area contributed by atoms with E-state index in [1.165, 1.54) is 25.0 Å². The highest BCUT2D eigenvalue weighted by molar-refractivity contribution is 5.97. The van der Waals surface area contributed by atoms with Crippen LogP contribution in [0.25, 0.3) is 0 Å². The maximum Gasteiger partial charge on any atom is 0.337 e. The molecule has 0 heterocycles. The Morgan fingerprint density at radius 1 is 1.07 bits per heavy atom. The lowest BCUT2D eigenvalue weighted by Crippen LogP contribution is -2.32. The Morgan fingerprint density at radius 2 is 1.79 bits per heavy atom. The molecule has 2 aromatic rings. The highest BCUT2D eigenvalue weighted by Crippen LogP contribution is 2.29. The van der Waals surface area contributed by atoms with E-state index in [1.54, 1.807) is 30.3 Å². The van der Waals surface area contributed by atoms with Crippen molar-refractivity contribution in [2.75, 3.05) is 23.9 Å². The first kappa shape index (κ1) is 21.9. The number of para-hydroxylation sites is 2. The molecule has 0 aliphatic carbocycles. The van der Waals surface area contributed by atoms with Crippen LogP contribution in [0, 0.1) is 0 Å². The summed E-state index contributed by atoms with van der Waals surface area (Å²) in [5.74, 6) is -0.361. The second-order valence-electron chi connectivity index (χ2n) is 6.68. The number of carbonyl (C=O) groups is 3. The summed E-state index contributed by atoms with van der Waals surface area (Å²) in [7, 11) is 1.30. The number of methoxy groups -OCH3 is 1. The molecule has 0 unspecified atom stereocenters. The van der Waals surface area contributed by atoms with Gasteiger partial charge < -0.3 is 19.7 Å². The minimum atomic E-state index is -0.481. The summed E-state index contributed by atoms with van der Waals surface area (Å²) in [4.78, 5) is 37.7. The molecular formula is C22H26N2O5. The van der Waals surface area contributed by atoms with Crippen LogP contribution in [0.5, 0.6) is 5.75 Å². The van der Waals surface area contributed by atoms with Gasteiger partial charge in [-0.2, -0.15) is 0 Å². The molecule has 0 aliphatic rings. The number of nitrogens with one attached hydrogen (secondary N) is 1. The maximum absolute atomic E-state index is 12.4. The lowest BCUT2D eigenvalue weighted by atomic mass is 10.2. The van der Waals surface area contributed by atoms with Gasteiger partial charge in [0.25, 0.3) is 0 Å². The SMILES string of the molecule is COC(=O)c1cccc(NC(=O)CCN(C(C)=O)c2ccccc2OC(C)C)c1. The summed E-state index contributed by atoms with van der Waals surface area (Å²) in [6.07, 6.45) is 0.0354. The third-order valence-corrected chi connectivity index (χ3v) is 4.03. The highest BCUT2D eigenvalue weighted by atomic mass is 16.5. The number of ether oxygens (including phenoxy) is 2. The molecule has 29 heavy (non-hydrogen) atoms. The van der Waals surface area contributed by atoms with Gasteiger partial charge in [0.1, 0.15) is 5.75 Å². The van der Waals surface area contributed by atoms with Gasteiger partial charge in [0.2, 0.25) is 11.8 Å². The second-order valence-corrected chi connectivity index (χ2v) is 6.68. The fourth-order valence-electron chi connectivity index (χ4n) is 2.76. The second kappa shape index (κ2) is 10.3. The average Bonchev–Trinajstić information content (AvgIpc) is 2.68. The zero-order valence-corrected chi connectivity index (χ0v) is 17.1. The third-order valence-electron chi connectivity index (χ3n) is 4.03. The van der Waals surface area contributed by atoms with Crippen LogP contribution >= 0.6 is 0 Å². The molecule has 7 heteroatoms. The number of benzene rings is 2. The van der Waals surface area contributed by atoms with Gasteiger partial charge in [-0.1, -0.05) is 18.2 Å². The molecule has 0 aromatic heterocycles. The number of anilines is 2. The molecule has 1 N–H and O–H groups in total. The molecule has 0 saturated heterocycles. The predicted octanol–water partition coefficient (Wildman–Crippen LogP) is 3.64. The topological polar surface area (TPSA) is 84.9 Å². The van der Waals surface area contributed by atoms with Crippen LogP contribution in [0.3, 0.4) is 0 Å². The molecule has 2 rings (SSSR count). The van der Waals surface area contributed by atoms with Crippen LogP contribution < -0.4 is 15.0 Å². The molecule has 0 radical (unpaired) electrons. The van der Waals surface area contributed by atoms with Crippen molar-refractivity contribution < 1.29 is 23.9 Å². The summed E-state index contributed by atoms with van der Waals surface area (Å²) < 4.78 is 10.5. The molecular weight excluding hydrogens is 372 g/mol. The van der Waals surface area contributed by atoms with E-state index >= 15 is 0 Å². The van der Waals surface area contributed by atoms with Crippen LogP contribution in [-0.2, 0) is 14.3 Å². The molecule has 0 spiro atoms. The van der Waals surface area contributed by atoms with Crippen molar-refractivity contribution in [2.45, 2.75) is 33.3 Å². The predicted molar refractivity (Wildman–Crippen MR) is 111 cm³/mol. The first-order valence-electron chi connectivity index (χ1n) is 9.33. The highest BCUT2D eigenvalue weighted by Gasteiger charge is 2.18. The number of amides is 2. The Bertz CT molecular complexity index is 879. The van der Waals surface area contributed by atoms with Crippen molar-refractivity contribution >= 4 is 29.2 Å². The summed E-state index contributed by atoms with van der Waals surface area (Å²) >= 11 is 0. The van der Waals surface area contributed by atoms with Crippen molar-refractivity contribution in [1.29, 1.82) is 0 Å². The van der Waals surface area contributed by atoms with Gasteiger partial charge in [-0.15, -0.1) is 0 Å². The van der Waals surface area contributed by atoms with Crippen LogP contribution in [0.2, 0.25) is 0 Å². The maximum atomic E-state index is 12.4. The van der Waals surface area contributed by atoms with E-state index in [2.05, 4.69) is 10.1 Å². The minimum Gasteiger partial charge on any atom is -0.489 e. The zero-order chi connectivity index (χ0) is 21.4. The molecule has 0 saturated carbocycles. The summed E-state index contributed by atoms with van der Waals surface area (Å²) in [5.41, 5.74) is 1.44. The van der Waals surface area contributed by atoms with E-state index in [9.17, 15) is 14.4 Å². The summed E-state index contributed by atoms with van der Waals surface area (Å²) in [5, 5.41) is 2.74. The first-order chi connectivity index (χ1) is 13.8. The van der Waals surface area contributed by atoms with Crippen LogP contribution in [-0.4, -0.2) is 37.5 Å². The molecule has 0 fully saturated rings. The first-order valence-corrected chi connectivity index (χ1v) is 9.33. The lowest BCUT2D eigenvalue weighted by Gasteiger charge is -2.24. The van der Waals surface area contributed by atoms with Crippen molar-refractivity contribution in [3.05, 3.63) is 54.1 Å². The van der Waals surface area contributed by atoms with Gasteiger partial charge in [-0.05, 0) is 44.2 Å². The van der Waals surface area contributed by atoms with Gasteiger partial charge in [0, 0.05) is 25.6 Å². The van der Waals surface area contributed by atoms with E-state index in [-0.39, 0.29) is 30.9 Å².